The minimum absolute atomic E-state index is 0.120. The second kappa shape index (κ2) is 8.79. The molecule has 3 aromatic carbocycles. The van der Waals surface area contributed by atoms with Gasteiger partial charge in [-0.2, -0.15) is 0 Å². The SMILES string of the molecule is COc1ccc(CCCN2CC[C@@H](C3(c4ccccc4)C(=O)Nc4ccccc43)C2)cc1. The van der Waals surface area contributed by atoms with Crippen molar-refractivity contribution >= 4 is 11.6 Å². The Morgan fingerprint density at radius 2 is 1.75 bits per heavy atom. The Kier molecular flexibility index (Phi) is 5.71. The lowest BCUT2D eigenvalue weighted by molar-refractivity contribution is -0.121. The van der Waals surface area contributed by atoms with Gasteiger partial charge in [0.2, 0.25) is 5.91 Å². The number of amides is 1. The van der Waals surface area contributed by atoms with Crippen LogP contribution in [0.1, 0.15) is 29.5 Å². The van der Waals surface area contributed by atoms with Crippen molar-refractivity contribution in [2.75, 3.05) is 32.1 Å². The number of anilines is 1. The van der Waals surface area contributed by atoms with Crippen molar-refractivity contribution < 1.29 is 9.53 Å². The van der Waals surface area contributed by atoms with Crippen LogP contribution in [0.3, 0.4) is 0 Å². The summed E-state index contributed by atoms with van der Waals surface area (Å²) in [5, 5.41) is 3.18. The normalized spacial score (nSPS) is 22.5. The first-order valence-corrected chi connectivity index (χ1v) is 11.5. The third-order valence-electron chi connectivity index (χ3n) is 7.17. The van der Waals surface area contributed by atoms with E-state index in [0.717, 1.165) is 61.5 Å². The molecule has 0 aromatic heterocycles. The van der Waals surface area contributed by atoms with E-state index in [0.29, 0.717) is 0 Å². The van der Waals surface area contributed by atoms with Gasteiger partial charge < -0.3 is 15.0 Å². The number of hydrogen-bond acceptors (Lipinski definition) is 3. The lowest BCUT2D eigenvalue weighted by atomic mass is 9.66. The highest BCUT2D eigenvalue weighted by atomic mass is 16.5. The summed E-state index contributed by atoms with van der Waals surface area (Å²) in [5.41, 5.74) is 3.92. The Morgan fingerprint density at radius 1 is 1.00 bits per heavy atom. The number of nitrogens with one attached hydrogen (secondary N) is 1. The molecule has 164 valence electrons. The number of nitrogens with zero attached hydrogens (tertiary/aromatic N) is 1. The molecule has 1 unspecified atom stereocenters. The van der Waals surface area contributed by atoms with Gasteiger partial charge in [0.15, 0.2) is 0 Å². The molecule has 1 N–H and O–H groups in total. The second-order valence-corrected chi connectivity index (χ2v) is 8.91. The van der Waals surface area contributed by atoms with E-state index in [-0.39, 0.29) is 11.8 Å². The molecule has 0 bridgehead atoms. The molecule has 0 spiro atoms. The van der Waals surface area contributed by atoms with Crippen LogP contribution in [0, 0.1) is 5.92 Å². The monoisotopic (exact) mass is 426 g/mol. The molecular formula is C28H30N2O2. The van der Waals surface area contributed by atoms with Gasteiger partial charge in [0.05, 0.1) is 7.11 Å². The Hall–Kier alpha value is -3.11. The van der Waals surface area contributed by atoms with Crippen LogP contribution in [0.2, 0.25) is 0 Å². The van der Waals surface area contributed by atoms with Gasteiger partial charge in [-0.05, 0) is 73.2 Å². The molecule has 3 aromatic rings. The molecule has 2 aliphatic heterocycles. The van der Waals surface area contributed by atoms with Crippen LogP contribution >= 0.6 is 0 Å². The molecule has 1 amide bonds. The van der Waals surface area contributed by atoms with E-state index in [1.54, 1.807) is 7.11 Å². The third-order valence-corrected chi connectivity index (χ3v) is 7.17. The van der Waals surface area contributed by atoms with Crippen molar-refractivity contribution in [1.29, 1.82) is 0 Å². The minimum Gasteiger partial charge on any atom is -0.497 e. The molecule has 0 aliphatic carbocycles. The molecule has 2 heterocycles. The molecule has 2 aliphatic rings. The van der Waals surface area contributed by atoms with E-state index in [4.69, 9.17) is 4.74 Å². The molecule has 0 saturated carbocycles. The molecule has 5 rings (SSSR count). The van der Waals surface area contributed by atoms with Gasteiger partial charge in [-0.25, -0.2) is 0 Å². The average Bonchev–Trinajstić information content (AvgIpc) is 3.42. The number of hydrogen-bond donors (Lipinski definition) is 1. The number of para-hydroxylation sites is 1. The fourth-order valence-corrected chi connectivity index (χ4v) is 5.60. The van der Waals surface area contributed by atoms with Crippen molar-refractivity contribution in [3.05, 3.63) is 95.6 Å². The summed E-state index contributed by atoms with van der Waals surface area (Å²) in [6.07, 6.45) is 3.19. The molecule has 4 nitrogen and oxygen atoms in total. The topological polar surface area (TPSA) is 41.6 Å². The highest BCUT2D eigenvalue weighted by molar-refractivity contribution is 6.09. The van der Waals surface area contributed by atoms with E-state index in [1.165, 1.54) is 5.56 Å². The zero-order valence-electron chi connectivity index (χ0n) is 18.6. The predicted molar refractivity (Wildman–Crippen MR) is 128 cm³/mol. The van der Waals surface area contributed by atoms with E-state index in [2.05, 4.69) is 46.6 Å². The Morgan fingerprint density at radius 3 is 2.53 bits per heavy atom. The van der Waals surface area contributed by atoms with Crippen molar-refractivity contribution in [3.8, 4) is 5.75 Å². The van der Waals surface area contributed by atoms with Gasteiger partial charge in [0, 0.05) is 12.2 Å². The largest absolute Gasteiger partial charge is 0.497 e. The summed E-state index contributed by atoms with van der Waals surface area (Å²) in [6.45, 7) is 3.03. The summed E-state index contributed by atoms with van der Waals surface area (Å²) in [7, 11) is 1.70. The standard InChI is InChI=1S/C28H30N2O2/c1-32-24-15-13-21(14-16-24)8-7-18-30-19-17-23(20-30)28(22-9-3-2-4-10-22)25-11-5-6-12-26(25)29-27(28)31/h2-6,9-16,23H,7-8,17-20H2,1H3,(H,29,31)/t23-,28?/m1/s1. The van der Waals surface area contributed by atoms with Gasteiger partial charge in [0.1, 0.15) is 11.2 Å². The van der Waals surface area contributed by atoms with Gasteiger partial charge in [-0.15, -0.1) is 0 Å². The van der Waals surface area contributed by atoms with E-state index in [1.807, 2.05) is 42.5 Å². The van der Waals surface area contributed by atoms with E-state index in [9.17, 15) is 4.79 Å². The van der Waals surface area contributed by atoms with Crippen molar-refractivity contribution in [2.45, 2.75) is 24.7 Å². The number of likely N-dealkylation sites (tertiary alicyclic amines) is 1. The minimum atomic E-state index is -0.609. The summed E-state index contributed by atoms with van der Waals surface area (Å²) >= 11 is 0. The van der Waals surface area contributed by atoms with Crippen LogP contribution in [0.25, 0.3) is 0 Å². The summed E-state index contributed by atoms with van der Waals surface area (Å²) in [4.78, 5) is 16.1. The van der Waals surface area contributed by atoms with Crippen molar-refractivity contribution in [3.63, 3.8) is 0 Å². The fourth-order valence-electron chi connectivity index (χ4n) is 5.60. The molecule has 4 heteroatoms. The first-order chi connectivity index (χ1) is 15.7. The fraction of sp³-hybridized carbons (Fsp3) is 0.321. The van der Waals surface area contributed by atoms with Gasteiger partial charge in [-0.1, -0.05) is 60.7 Å². The molecule has 2 atom stereocenters. The lowest BCUT2D eigenvalue weighted by Crippen LogP contribution is -2.44. The Balaban J connectivity index is 1.33. The van der Waals surface area contributed by atoms with Crippen LogP contribution in [-0.4, -0.2) is 37.6 Å². The van der Waals surface area contributed by atoms with Gasteiger partial charge >= 0.3 is 0 Å². The lowest BCUT2D eigenvalue weighted by Gasteiger charge is -2.34. The number of rotatable bonds is 7. The highest BCUT2D eigenvalue weighted by Gasteiger charge is 2.54. The number of benzene rings is 3. The zero-order valence-corrected chi connectivity index (χ0v) is 18.6. The zero-order chi connectivity index (χ0) is 22.0. The van der Waals surface area contributed by atoms with Crippen LogP contribution in [0.5, 0.6) is 5.75 Å². The first kappa shape index (κ1) is 20.8. The van der Waals surface area contributed by atoms with Crippen LogP contribution < -0.4 is 10.1 Å². The van der Waals surface area contributed by atoms with Crippen LogP contribution in [0.15, 0.2) is 78.9 Å². The maximum absolute atomic E-state index is 13.6. The number of carbonyl (C=O) groups excluding carboxylic acids is 1. The van der Waals surface area contributed by atoms with Gasteiger partial charge in [-0.3, -0.25) is 4.79 Å². The number of fused-ring (bicyclic) bond motifs is 1. The average molecular weight is 427 g/mol. The number of methoxy groups -OCH3 is 1. The van der Waals surface area contributed by atoms with Crippen molar-refractivity contribution in [1.82, 2.24) is 4.90 Å². The Labute approximate surface area is 190 Å². The molecule has 32 heavy (non-hydrogen) atoms. The molecule has 0 radical (unpaired) electrons. The van der Waals surface area contributed by atoms with Gasteiger partial charge in [0.25, 0.3) is 0 Å². The Bertz CT molecular complexity index is 1080. The van der Waals surface area contributed by atoms with E-state index >= 15 is 0 Å². The molecule has 1 fully saturated rings. The number of carbonyl (C=O) groups is 1. The second-order valence-electron chi connectivity index (χ2n) is 8.91. The maximum Gasteiger partial charge on any atom is 0.239 e. The van der Waals surface area contributed by atoms with Crippen molar-refractivity contribution in [2.24, 2.45) is 5.92 Å². The van der Waals surface area contributed by atoms with Crippen LogP contribution in [-0.2, 0) is 16.6 Å². The highest BCUT2D eigenvalue weighted by Crippen LogP contribution is 2.50. The first-order valence-electron chi connectivity index (χ1n) is 11.5. The quantitative estimate of drug-likeness (QED) is 0.585. The summed E-state index contributed by atoms with van der Waals surface area (Å²) in [5.74, 6) is 1.28. The molecule has 1 saturated heterocycles. The van der Waals surface area contributed by atoms with Crippen LogP contribution in [0.4, 0.5) is 5.69 Å². The summed E-state index contributed by atoms with van der Waals surface area (Å²) in [6, 6.07) is 26.9. The van der Waals surface area contributed by atoms with E-state index < -0.39 is 5.41 Å². The smallest absolute Gasteiger partial charge is 0.239 e. The third kappa shape index (κ3) is 3.59. The molecular weight excluding hydrogens is 396 g/mol. The predicted octanol–water partition coefficient (Wildman–Crippen LogP) is 4.89. The summed E-state index contributed by atoms with van der Waals surface area (Å²) < 4.78 is 5.25. The number of ether oxygens (including phenoxy) is 1. The number of aryl methyl sites for hydroxylation is 1. The maximum atomic E-state index is 13.6.